The van der Waals surface area contributed by atoms with E-state index in [0.717, 1.165) is 31.4 Å². The molecule has 0 aliphatic heterocycles. The van der Waals surface area contributed by atoms with E-state index in [9.17, 15) is 4.39 Å². The van der Waals surface area contributed by atoms with Crippen LogP contribution in [0.15, 0.2) is 22.7 Å². The maximum Gasteiger partial charge on any atom is 0.230 e. The zero-order valence-corrected chi connectivity index (χ0v) is 11.8. The molecule has 0 unspecified atom stereocenters. The Morgan fingerprint density at radius 3 is 2.75 bits per heavy atom. The van der Waals surface area contributed by atoms with Gasteiger partial charge >= 0.3 is 0 Å². The molecule has 1 aliphatic carbocycles. The number of anilines is 1. The summed E-state index contributed by atoms with van der Waals surface area (Å²) >= 11 is 5.85. The molecule has 5 heteroatoms. The Kier molecular flexibility index (Phi) is 3.66. The van der Waals surface area contributed by atoms with Crippen molar-refractivity contribution in [2.75, 3.05) is 5.73 Å². The highest BCUT2D eigenvalue weighted by atomic mass is 35.5. The van der Waals surface area contributed by atoms with Crippen LogP contribution < -0.4 is 5.73 Å². The molecule has 3 rings (SSSR count). The minimum Gasteiger partial charge on any atom is -0.367 e. The lowest BCUT2D eigenvalue weighted by atomic mass is 9.84. The molecule has 0 spiro atoms. The van der Waals surface area contributed by atoms with Gasteiger partial charge in [-0.1, -0.05) is 48.2 Å². The Morgan fingerprint density at radius 2 is 2.00 bits per heavy atom. The Hall–Kier alpha value is -1.55. The van der Waals surface area contributed by atoms with Gasteiger partial charge in [-0.2, -0.15) is 0 Å². The van der Waals surface area contributed by atoms with E-state index in [2.05, 4.69) is 5.16 Å². The average molecular weight is 295 g/mol. The third-order valence-corrected chi connectivity index (χ3v) is 4.25. The van der Waals surface area contributed by atoms with E-state index in [1.807, 2.05) is 0 Å². The van der Waals surface area contributed by atoms with Crippen LogP contribution in [0.3, 0.4) is 0 Å². The molecule has 0 saturated heterocycles. The maximum absolute atomic E-state index is 14.2. The first kappa shape index (κ1) is 13.4. The number of aromatic nitrogens is 1. The van der Waals surface area contributed by atoms with Crippen LogP contribution >= 0.6 is 11.6 Å². The summed E-state index contributed by atoms with van der Waals surface area (Å²) in [6, 6.07) is 4.89. The van der Waals surface area contributed by atoms with Gasteiger partial charge in [0.25, 0.3) is 0 Å². The molecule has 0 amide bonds. The molecule has 1 saturated carbocycles. The second kappa shape index (κ2) is 5.44. The highest BCUT2D eigenvalue weighted by Gasteiger charge is 2.27. The fourth-order valence-corrected chi connectivity index (χ4v) is 3.11. The molecular formula is C15H16ClFN2O. The first-order valence-electron chi connectivity index (χ1n) is 6.88. The predicted molar refractivity (Wildman–Crippen MR) is 77.1 cm³/mol. The summed E-state index contributed by atoms with van der Waals surface area (Å²) in [5, 5.41) is 4.16. The van der Waals surface area contributed by atoms with Gasteiger partial charge < -0.3 is 10.3 Å². The van der Waals surface area contributed by atoms with E-state index < -0.39 is 5.82 Å². The Labute approximate surface area is 121 Å². The Bertz CT molecular complexity index is 620. The third kappa shape index (κ3) is 2.29. The van der Waals surface area contributed by atoms with Gasteiger partial charge in [0.05, 0.1) is 16.3 Å². The molecule has 1 aromatic heterocycles. The minimum absolute atomic E-state index is 0.0812. The van der Waals surface area contributed by atoms with Gasteiger partial charge in [0.1, 0.15) is 5.82 Å². The van der Waals surface area contributed by atoms with E-state index in [1.165, 1.54) is 12.5 Å². The summed E-state index contributed by atoms with van der Waals surface area (Å²) in [6.45, 7) is 0. The highest BCUT2D eigenvalue weighted by molar-refractivity contribution is 6.31. The van der Waals surface area contributed by atoms with Crippen LogP contribution in [0.4, 0.5) is 10.3 Å². The van der Waals surface area contributed by atoms with Gasteiger partial charge in [-0.05, 0) is 18.9 Å². The quantitative estimate of drug-likeness (QED) is 0.868. The summed E-state index contributed by atoms with van der Waals surface area (Å²) in [5.41, 5.74) is 7.57. The molecule has 1 heterocycles. The standard InChI is InChI=1S/C15H16ClFN2O/c16-11-8-4-7-10(13(11)17)12-14(19-20-15(12)18)9-5-2-1-3-6-9/h4,7-9H,1-3,5-6,18H2. The van der Waals surface area contributed by atoms with Gasteiger partial charge in [-0.3, -0.25) is 0 Å². The predicted octanol–water partition coefficient (Wildman–Crippen LogP) is 4.76. The second-order valence-electron chi connectivity index (χ2n) is 5.24. The van der Waals surface area contributed by atoms with Gasteiger partial charge in [0.2, 0.25) is 5.88 Å². The van der Waals surface area contributed by atoms with Crippen LogP contribution in [0.1, 0.15) is 43.7 Å². The highest BCUT2D eigenvalue weighted by Crippen LogP contribution is 2.41. The first-order chi connectivity index (χ1) is 9.68. The minimum atomic E-state index is -0.471. The lowest BCUT2D eigenvalue weighted by Gasteiger charge is -2.20. The molecule has 0 atom stereocenters. The second-order valence-corrected chi connectivity index (χ2v) is 5.65. The summed E-state index contributed by atoms with van der Waals surface area (Å²) in [7, 11) is 0. The topological polar surface area (TPSA) is 52.0 Å². The van der Waals surface area contributed by atoms with Crippen molar-refractivity contribution in [2.45, 2.75) is 38.0 Å². The fraction of sp³-hybridized carbons (Fsp3) is 0.400. The summed E-state index contributed by atoms with van der Waals surface area (Å²) in [5.74, 6) is -0.0222. The van der Waals surface area contributed by atoms with Crippen LogP contribution in [0.2, 0.25) is 5.02 Å². The number of benzene rings is 1. The zero-order valence-electron chi connectivity index (χ0n) is 11.0. The molecule has 1 aromatic carbocycles. The number of rotatable bonds is 2. The Morgan fingerprint density at radius 1 is 1.25 bits per heavy atom. The van der Waals surface area contributed by atoms with Crippen molar-refractivity contribution in [2.24, 2.45) is 0 Å². The van der Waals surface area contributed by atoms with Crippen molar-refractivity contribution in [3.8, 4) is 11.1 Å². The lowest BCUT2D eigenvalue weighted by molar-refractivity contribution is 0.388. The van der Waals surface area contributed by atoms with E-state index in [4.69, 9.17) is 21.9 Å². The summed E-state index contributed by atoms with van der Waals surface area (Å²) < 4.78 is 19.4. The molecule has 2 N–H and O–H groups in total. The van der Waals surface area contributed by atoms with E-state index >= 15 is 0 Å². The van der Waals surface area contributed by atoms with Crippen LogP contribution in [-0.2, 0) is 0 Å². The monoisotopic (exact) mass is 294 g/mol. The molecule has 3 nitrogen and oxygen atoms in total. The fourth-order valence-electron chi connectivity index (χ4n) is 2.94. The Balaban J connectivity index is 2.09. The molecule has 0 radical (unpaired) electrons. The molecule has 106 valence electrons. The van der Waals surface area contributed by atoms with E-state index in [-0.39, 0.29) is 16.8 Å². The third-order valence-electron chi connectivity index (χ3n) is 3.96. The lowest BCUT2D eigenvalue weighted by Crippen LogP contribution is -2.06. The molecule has 1 fully saturated rings. The van der Waals surface area contributed by atoms with Crippen molar-refractivity contribution in [1.29, 1.82) is 0 Å². The zero-order chi connectivity index (χ0) is 14.1. The number of hydrogen-bond donors (Lipinski definition) is 1. The van der Waals surface area contributed by atoms with Crippen LogP contribution in [0.5, 0.6) is 0 Å². The number of nitrogens with zero attached hydrogens (tertiary/aromatic N) is 1. The number of nitrogens with two attached hydrogens (primary N) is 1. The number of halogens is 2. The maximum atomic E-state index is 14.2. The molecule has 20 heavy (non-hydrogen) atoms. The first-order valence-corrected chi connectivity index (χ1v) is 7.25. The normalized spacial score (nSPS) is 16.5. The van der Waals surface area contributed by atoms with Crippen LogP contribution in [0, 0.1) is 5.82 Å². The van der Waals surface area contributed by atoms with Crippen molar-refractivity contribution in [3.63, 3.8) is 0 Å². The molecule has 0 bridgehead atoms. The largest absolute Gasteiger partial charge is 0.367 e. The SMILES string of the molecule is Nc1onc(C2CCCCC2)c1-c1cccc(Cl)c1F. The number of nitrogen functional groups attached to an aromatic ring is 1. The average Bonchev–Trinajstić information content (AvgIpc) is 2.85. The van der Waals surface area contributed by atoms with Crippen molar-refractivity contribution >= 4 is 17.5 Å². The molecular weight excluding hydrogens is 279 g/mol. The smallest absolute Gasteiger partial charge is 0.230 e. The van der Waals surface area contributed by atoms with Gasteiger partial charge in [0.15, 0.2) is 0 Å². The van der Waals surface area contributed by atoms with Crippen LogP contribution in [0.25, 0.3) is 11.1 Å². The van der Waals surface area contributed by atoms with Gasteiger partial charge in [0, 0.05) is 11.5 Å². The van der Waals surface area contributed by atoms with Gasteiger partial charge in [-0.15, -0.1) is 0 Å². The summed E-state index contributed by atoms with van der Waals surface area (Å²) in [6.07, 6.45) is 5.65. The van der Waals surface area contributed by atoms with Crippen molar-refractivity contribution < 1.29 is 8.91 Å². The van der Waals surface area contributed by atoms with E-state index in [1.54, 1.807) is 12.1 Å². The van der Waals surface area contributed by atoms with Crippen LogP contribution in [-0.4, -0.2) is 5.16 Å². The number of hydrogen-bond acceptors (Lipinski definition) is 3. The van der Waals surface area contributed by atoms with Crippen molar-refractivity contribution in [1.82, 2.24) is 5.16 Å². The van der Waals surface area contributed by atoms with E-state index in [0.29, 0.717) is 11.1 Å². The summed E-state index contributed by atoms with van der Waals surface area (Å²) in [4.78, 5) is 0. The van der Waals surface area contributed by atoms with Crippen molar-refractivity contribution in [3.05, 3.63) is 34.7 Å². The van der Waals surface area contributed by atoms with Gasteiger partial charge in [-0.25, -0.2) is 4.39 Å². The molecule has 1 aliphatic rings. The molecule has 2 aromatic rings.